The summed E-state index contributed by atoms with van der Waals surface area (Å²) in [5, 5.41) is 14.2. The van der Waals surface area contributed by atoms with Crippen LogP contribution in [0, 0.1) is 12.8 Å². The van der Waals surface area contributed by atoms with Crippen LogP contribution in [0.1, 0.15) is 65.3 Å². The molecule has 3 heterocycles. The van der Waals surface area contributed by atoms with Gasteiger partial charge in [-0.2, -0.15) is 5.10 Å². The Morgan fingerprint density at radius 3 is 2.82 bits per heavy atom. The third-order valence-electron chi connectivity index (χ3n) is 6.79. The summed E-state index contributed by atoms with van der Waals surface area (Å²) in [6, 6.07) is 4.91. The van der Waals surface area contributed by atoms with Crippen molar-refractivity contribution < 1.29 is 14.3 Å². The maximum atomic E-state index is 13.3. The first-order valence-electron chi connectivity index (χ1n) is 12.9. The molecule has 38 heavy (non-hydrogen) atoms. The van der Waals surface area contributed by atoms with Gasteiger partial charge in [-0.1, -0.05) is 37.3 Å². The van der Waals surface area contributed by atoms with Crippen molar-refractivity contribution in [3.05, 3.63) is 57.3 Å². The van der Waals surface area contributed by atoms with Crippen LogP contribution in [0.3, 0.4) is 0 Å². The van der Waals surface area contributed by atoms with E-state index < -0.39 is 6.04 Å². The van der Waals surface area contributed by atoms with Crippen LogP contribution in [0.4, 0.5) is 11.4 Å². The molecule has 1 fully saturated rings. The lowest BCUT2D eigenvalue weighted by Gasteiger charge is -2.21. The van der Waals surface area contributed by atoms with Gasteiger partial charge in [-0.15, -0.1) is 11.3 Å². The monoisotopic (exact) mass is 558 g/mol. The van der Waals surface area contributed by atoms with Crippen molar-refractivity contribution in [3.8, 4) is 0 Å². The lowest BCUT2D eigenvalue weighted by atomic mass is 9.97. The number of ether oxygens (including phenoxy) is 1. The summed E-state index contributed by atoms with van der Waals surface area (Å²) in [7, 11) is 1.63. The van der Waals surface area contributed by atoms with Gasteiger partial charge >= 0.3 is 0 Å². The second-order valence-corrected chi connectivity index (χ2v) is 11.3. The van der Waals surface area contributed by atoms with Gasteiger partial charge in [-0.05, 0) is 44.4 Å². The molecule has 1 aliphatic rings. The molecule has 2 amide bonds. The minimum atomic E-state index is -0.630. The number of carbonyl (C=O) groups excluding carboxylic acids is 2. The number of nitrogens with one attached hydrogen (secondary N) is 3. The van der Waals surface area contributed by atoms with Crippen molar-refractivity contribution in [2.24, 2.45) is 5.92 Å². The highest BCUT2D eigenvalue weighted by molar-refractivity contribution is 7.14. The molecule has 0 radical (unpaired) electrons. The number of amides is 2. The van der Waals surface area contributed by atoms with E-state index in [1.165, 1.54) is 24.2 Å². The number of hydrogen-bond acceptors (Lipinski definition) is 7. The van der Waals surface area contributed by atoms with Gasteiger partial charge in [-0.3, -0.25) is 19.3 Å². The van der Waals surface area contributed by atoms with Gasteiger partial charge in [0.05, 0.1) is 52.4 Å². The first kappa shape index (κ1) is 28.1. The molecule has 2 atom stereocenters. The van der Waals surface area contributed by atoms with Crippen LogP contribution in [0.5, 0.6) is 0 Å². The van der Waals surface area contributed by atoms with Gasteiger partial charge in [0.2, 0.25) is 5.91 Å². The number of hydrogen-bond donors (Lipinski definition) is 3. The maximum Gasteiger partial charge on any atom is 0.262 e. The van der Waals surface area contributed by atoms with E-state index in [0.717, 1.165) is 29.1 Å². The highest BCUT2D eigenvalue weighted by atomic mass is 35.5. The van der Waals surface area contributed by atoms with E-state index in [1.807, 2.05) is 26.0 Å². The average Bonchev–Trinajstić information content (AvgIpc) is 3.67. The number of aromatic nitrogens is 3. The molecule has 0 spiro atoms. The fourth-order valence-electron chi connectivity index (χ4n) is 4.67. The molecule has 3 N–H and O–H groups in total. The molecular formula is C27H35ClN6O3S. The number of nitrogens with zero attached hydrogens (tertiary/aromatic N) is 3. The van der Waals surface area contributed by atoms with Gasteiger partial charge in [0.1, 0.15) is 6.04 Å². The van der Waals surface area contributed by atoms with Crippen molar-refractivity contribution in [1.29, 1.82) is 0 Å². The molecule has 4 rings (SSSR count). The van der Waals surface area contributed by atoms with Gasteiger partial charge < -0.3 is 20.7 Å². The first-order valence-corrected chi connectivity index (χ1v) is 14.1. The highest BCUT2D eigenvalue weighted by Crippen LogP contribution is 2.30. The number of anilines is 2. The Morgan fingerprint density at radius 2 is 2.05 bits per heavy atom. The Balaban J connectivity index is 1.41. The molecule has 0 saturated heterocycles. The number of thiophene rings is 1. The zero-order chi connectivity index (χ0) is 27.1. The van der Waals surface area contributed by atoms with Crippen LogP contribution in [0.2, 0.25) is 5.02 Å². The predicted octanol–water partition coefficient (Wildman–Crippen LogP) is 5.44. The minimum Gasteiger partial charge on any atom is -0.383 e. The molecular weight excluding hydrogens is 524 g/mol. The van der Waals surface area contributed by atoms with Crippen LogP contribution in [-0.2, 0) is 16.1 Å². The predicted molar refractivity (Wildman–Crippen MR) is 151 cm³/mol. The number of carbonyl (C=O) groups is 2. The fraction of sp³-hybridized carbons (Fsp3) is 0.481. The smallest absolute Gasteiger partial charge is 0.262 e. The lowest BCUT2D eigenvalue weighted by Crippen LogP contribution is -2.44. The van der Waals surface area contributed by atoms with Crippen LogP contribution in [-0.4, -0.2) is 46.3 Å². The van der Waals surface area contributed by atoms with E-state index in [0.29, 0.717) is 41.1 Å². The van der Waals surface area contributed by atoms with E-state index >= 15 is 0 Å². The zero-order valence-electron chi connectivity index (χ0n) is 22.0. The molecule has 1 aliphatic carbocycles. The van der Waals surface area contributed by atoms with Crippen molar-refractivity contribution >= 4 is 46.1 Å². The van der Waals surface area contributed by atoms with E-state index in [9.17, 15) is 9.59 Å². The summed E-state index contributed by atoms with van der Waals surface area (Å²) in [6.45, 7) is 5.06. The fourth-order valence-corrected chi connectivity index (χ4v) is 5.74. The van der Waals surface area contributed by atoms with Crippen molar-refractivity contribution in [1.82, 2.24) is 20.1 Å². The summed E-state index contributed by atoms with van der Waals surface area (Å²) in [5.41, 5.74) is 2.30. The molecule has 11 heteroatoms. The van der Waals surface area contributed by atoms with E-state index in [2.05, 4.69) is 26.0 Å². The molecule has 3 aromatic heterocycles. The third-order valence-corrected chi connectivity index (χ3v) is 8.27. The van der Waals surface area contributed by atoms with Crippen LogP contribution in [0.25, 0.3) is 0 Å². The Kier molecular flexibility index (Phi) is 9.76. The second kappa shape index (κ2) is 13.2. The summed E-state index contributed by atoms with van der Waals surface area (Å²) >= 11 is 7.51. The molecule has 1 saturated carbocycles. The molecule has 0 aliphatic heterocycles. The van der Waals surface area contributed by atoms with Crippen LogP contribution in [0.15, 0.2) is 36.8 Å². The Hall–Kier alpha value is -2.95. The standard InChI is InChI=1S/C27H35ClN6O3S/c1-17-22(13-20(28)14-29-17)31-18(2)24-8-9-25(38-24)27(36)33-23(12-19-6-4-5-7-19)26(35)32-21-15-30-34(16-21)10-11-37-3/h8-9,13-16,18-19,23,31H,4-7,10-12H2,1-3H3,(H,32,35)(H,33,36). The van der Waals surface area contributed by atoms with E-state index in [4.69, 9.17) is 16.3 Å². The lowest BCUT2D eigenvalue weighted by molar-refractivity contribution is -0.118. The topological polar surface area (TPSA) is 110 Å². The second-order valence-electron chi connectivity index (χ2n) is 9.74. The van der Waals surface area contributed by atoms with Crippen molar-refractivity contribution in [3.63, 3.8) is 0 Å². The van der Waals surface area contributed by atoms with E-state index in [-0.39, 0.29) is 17.9 Å². The Bertz CT molecular complexity index is 1240. The van der Waals surface area contributed by atoms with Crippen LogP contribution < -0.4 is 16.0 Å². The summed E-state index contributed by atoms with van der Waals surface area (Å²) in [5.74, 6) is -0.0524. The SMILES string of the molecule is COCCn1cc(NC(=O)C(CC2CCCC2)NC(=O)c2ccc(C(C)Nc3cc(Cl)cnc3C)s2)cn1. The first-order chi connectivity index (χ1) is 18.3. The normalized spacial score (nSPS) is 15.3. The molecule has 0 bridgehead atoms. The largest absolute Gasteiger partial charge is 0.383 e. The van der Waals surface area contributed by atoms with Crippen molar-refractivity contribution in [2.45, 2.75) is 64.6 Å². The maximum absolute atomic E-state index is 13.3. The minimum absolute atomic E-state index is 0.0484. The Morgan fingerprint density at radius 1 is 1.26 bits per heavy atom. The third kappa shape index (κ3) is 7.55. The summed E-state index contributed by atoms with van der Waals surface area (Å²) < 4.78 is 6.80. The van der Waals surface area contributed by atoms with Gasteiger partial charge in [0, 0.05) is 24.4 Å². The quantitative estimate of drug-likeness (QED) is 0.273. The number of rotatable bonds is 12. The van der Waals surface area contributed by atoms with Gasteiger partial charge in [-0.25, -0.2) is 0 Å². The molecule has 9 nitrogen and oxygen atoms in total. The van der Waals surface area contributed by atoms with Crippen molar-refractivity contribution in [2.75, 3.05) is 24.4 Å². The summed E-state index contributed by atoms with van der Waals surface area (Å²) in [4.78, 5) is 32.3. The Labute approximate surface area is 232 Å². The average molecular weight is 559 g/mol. The highest BCUT2D eigenvalue weighted by Gasteiger charge is 2.28. The zero-order valence-corrected chi connectivity index (χ0v) is 23.6. The summed E-state index contributed by atoms with van der Waals surface area (Å²) in [6.07, 6.45) is 10.1. The number of aryl methyl sites for hydroxylation is 1. The number of pyridine rings is 1. The number of halogens is 1. The van der Waals surface area contributed by atoms with Gasteiger partial charge in [0.15, 0.2) is 0 Å². The van der Waals surface area contributed by atoms with Crippen LogP contribution >= 0.6 is 22.9 Å². The van der Waals surface area contributed by atoms with E-state index in [1.54, 1.807) is 36.4 Å². The molecule has 2 unspecified atom stereocenters. The number of methoxy groups -OCH3 is 1. The molecule has 3 aromatic rings. The molecule has 0 aromatic carbocycles. The molecule has 204 valence electrons. The van der Waals surface area contributed by atoms with Gasteiger partial charge in [0.25, 0.3) is 5.91 Å².